The molecule has 2 aromatic carbocycles. The van der Waals surface area contributed by atoms with E-state index in [9.17, 15) is 15.0 Å². The van der Waals surface area contributed by atoms with Gasteiger partial charge in [-0.15, -0.1) is 0 Å². The predicted octanol–water partition coefficient (Wildman–Crippen LogP) is 2.85. The number of benzene rings is 2. The summed E-state index contributed by atoms with van der Waals surface area (Å²) in [5.74, 6) is 0.793. The summed E-state index contributed by atoms with van der Waals surface area (Å²) in [5, 5.41) is 24.1. The molecule has 1 saturated heterocycles. The molecule has 1 amide bonds. The minimum Gasteiger partial charge on any atom is -0.392 e. The smallest absolute Gasteiger partial charge is 0.257 e. The maximum atomic E-state index is 13.4. The molecule has 2 aliphatic carbocycles. The number of likely N-dealkylation sites (tertiary alicyclic amines) is 1. The van der Waals surface area contributed by atoms with Crippen molar-refractivity contribution in [1.29, 1.82) is 0 Å². The lowest BCUT2D eigenvalue weighted by Crippen LogP contribution is -2.51. The summed E-state index contributed by atoms with van der Waals surface area (Å²) in [4.78, 5) is 15.9. The number of piperidine rings is 1. The number of hydrogen-bond acceptors (Lipinski definition) is 4. The van der Waals surface area contributed by atoms with Crippen LogP contribution in [0.25, 0.3) is 0 Å². The van der Waals surface area contributed by atoms with E-state index in [0.717, 1.165) is 62.9 Å². The average Bonchev–Trinajstić information content (AvgIpc) is 3.25. The number of fused-ring (bicyclic) bond motifs is 1. The van der Waals surface area contributed by atoms with Crippen LogP contribution in [0.3, 0.4) is 0 Å². The van der Waals surface area contributed by atoms with Gasteiger partial charge in [0.15, 0.2) is 5.60 Å². The molecule has 3 aliphatic rings. The monoisotopic (exact) mass is 434 g/mol. The maximum absolute atomic E-state index is 13.4. The molecule has 2 unspecified atom stereocenters. The topological polar surface area (TPSA) is 72.8 Å². The fourth-order valence-electron chi connectivity index (χ4n) is 5.96. The number of aliphatic hydroxyl groups excluding tert-OH is 1. The highest BCUT2D eigenvalue weighted by Crippen LogP contribution is 2.47. The summed E-state index contributed by atoms with van der Waals surface area (Å²) in [6, 6.07) is 17.9. The first-order valence-corrected chi connectivity index (χ1v) is 12.1. The van der Waals surface area contributed by atoms with Gasteiger partial charge in [-0.3, -0.25) is 4.79 Å². The Bertz CT molecular complexity index is 914. The molecule has 5 rings (SSSR count). The van der Waals surface area contributed by atoms with Gasteiger partial charge in [0.2, 0.25) is 0 Å². The van der Waals surface area contributed by atoms with Gasteiger partial charge in [-0.05, 0) is 47.8 Å². The molecule has 2 saturated carbocycles. The quantitative estimate of drug-likeness (QED) is 0.597. The molecule has 170 valence electrons. The molecule has 32 heavy (non-hydrogen) atoms. The molecule has 0 radical (unpaired) electrons. The van der Waals surface area contributed by atoms with Crippen LogP contribution >= 0.6 is 0 Å². The van der Waals surface area contributed by atoms with Gasteiger partial charge in [-0.1, -0.05) is 67.4 Å². The fourth-order valence-corrected chi connectivity index (χ4v) is 5.96. The highest BCUT2D eigenvalue weighted by Gasteiger charge is 2.58. The van der Waals surface area contributed by atoms with Crippen LogP contribution in [0.4, 0.5) is 0 Å². The van der Waals surface area contributed by atoms with Crippen molar-refractivity contribution in [3.8, 4) is 0 Å². The van der Waals surface area contributed by atoms with Crippen molar-refractivity contribution >= 4 is 5.91 Å². The standard InChI is InChI=1S/C27H34N2O3/c30-18-20-12-10-19(11-13-20)14-15-29-16-23-24(17-29)25(23)28-26(31)27(32,22-8-4-5-9-22)21-6-2-1-3-7-21/h1-3,6-7,10-13,22-25,30,32H,4-5,8-9,14-18H2,(H,28,31)/t23-,24?,25+,27?/m0/s1. The Balaban J connectivity index is 1.16. The van der Waals surface area contributed by atoms with Crippen molar-refractivity contribution in [1.82, 2.24) is 10.2 Å². The number of amides is 1. The Kier molecular flexibility index (Phi) is 6.06. The number of carbonyl (C=O) groups excluding carboxylic acids is 1. The van der Waals surface area contributed by atoms with Crippen LogP contribution in [0.1, 0.15) is 42.4 Å². The molecular formula is C27H34N2O3. The predicted molar refractivity (Wildman–Crippen MR) is 124 cm³/mol. The van der Waals surface area contributed by atoms with Crippen LogP contribution in [0.2, 0.25) is 0 Å². The number of carbonyl (C=O) groups is 1. The number of nitrogens with zero attached hydrogens (tertiary/aromatic N) is 1. The number of rotatable bonds is 8. The molecule has 2 aromatic rings. The van der Waals surface area contributed by atoms with E-state index in [1.165, 1.54) is 5.56 Å². The van der Waals surface area contributed by atoms with Crippen molar-refractivity contribution in [2.24, 2.45) is 17.8 Å². The van der Waals surface area contributed by atoms with Crippen LogP contribution in [-0.2, 0) is 23.4 Å². The van der Waals surface area contributed by atoms with E-state index in [2.05, 4.69) is 22.3 Å². The highest BCUT2D eigenvalue weighted by molar-refractivity contribution is 5.87. The molecule has 5 nitrogen and oxygen atoms in total. The highest BCUT2D eigenvalue weighted by atomic mass is 16.3. The number of hydrogen-bond donors (Lipinski definition) is 3. The molecule has 3 N–H and O–H groups in total. The van der Waals surface area contributed by atoms with Crippen molar-refractivity contribution in [3.63, 3.8) is 0 Å². The van der Waals surface area contributed by atoms with Crippen LogP contribution in [0, 0.1) is 17.8 Å². The zero-order valence-corrected chi connectivity index (χ0v) is 18.6. The van der Waals surface area contributed by atoms with Gasteiger partial charge in [-0.25, -0.2) is 0 Å². The SMILES string of the molecule is O=C(N[C@H]1C2CN(CCc3ccc(CO)cc3)C[C@@H]21)C(O)(c1ccccc1)C1CCCC1. The van der Waals surface area contributed by atoms with E-state index in [1.807, 2.05) is 42.5 Å². The minimum absolute atomic E-state index is 0.00258. The Morgan fingerprint density at radius 2 is 1.59 bits per heavy atom. The third-order valence-corrected chi connectivity index (χ3v) is 8.00. The van der Waals surface area contributed by atoms with Crippen LogP contribution < -0.4 is 5.32 Å². The molecule has 5 heteroatoms. The van der Waals surface area contributed by atoms with Gasteiger partial charge in [0.05, 0.1) is 6.61 Å². The lowest BCUT2D eigenvalue weighted by Gasteiger charge is -2.33. The van der Waals surface area contributed by atoms with Crippen molar-refractivity contribution in [2.45, 2.75) is 50.4 Å². The average molecular weight is 435 g/mol. The van der Waals surface area contributed by atoms with Gasteiger partial charge in [0, 0.05) is 31.6 Å². The summed E-state index contributed by atoms with van der Waals surface area (Å²) in [6.45, 7) is 3.13. The summed E-state index contributed by atoms with van der Waals surface area (Å²) < 4.78 is 0. The number of aliphatic hydroxyl groups is 2. The molecule has 0 bridgehead atoms. The Morgan fingerprint density at radius 3 is 2.22 bits per heavy atom. The van der Waals surface area contributed by atoms with Crippen molar-refractivity contribution < 1.29 is 15.0 Å². The summed E-state index contributed by atoms with van der Waals surface area (Å²) in [7, 11) is 0. The summed E-state index contributed by atoms with van der Waals surface area (Å²) >= 11 is 0. The van der Waals surface area contributed by atoms with Gasteiger partial charge >= 0.3 is 0 Å². The van der Waals surface area contributed by atoms with Gasteiger partial charge in [-0.2, -0.15) is 0 Å². The van der Waals surface area contributed by atoms with E-state index in [4.69, 9.17) is 0 Å². The van der Waals surface area contributed by atoms with E-state index < -0.39 is 5.60 Å². The van der Waals surface area contributed by atoms with Crippen molar-refractivity contribution in [2.75, 3.05) is 19.6 Å². The second kappa shape index (κ2) is 8.97. The maximum Gasteiger partial charge on any atom is 0.257 e. The lowest BCUT2D eigenvalue weighted by molar-refractivity contribution is -0.147. The second-order valence-electron chi connectivity index (χ2n) is 9.92. The van der Waals surface area contributed by atoms with E-state index in [-0.39, 0.29) is 24.5 Å². The largest absolute Gasteiger partial charge is 0.392 e. The first kappa shape index (κ1) is 21.6. The molecule has 4 atom stereocenters. The first-order valence-electron chi connectivity index (χ1n) is 12.1. The van der Waals surface area contributed by atoms with Crippen LogP contribution in [-0.4, -0.2) is 46.7 Å². The Morgan fingerprint density at radius 1 is 0.969 bits per heavy atom. The second-order valence-corrected chi connectivity index (χ2v) is 9.92. The van der Waals surface area contributed by atoms with Crippen LogP contribution in [0.5, 0.6) is 0 Å². The van der Waals surface area contributed by atoms with E-state index in [0.29, 0.717) is 11.8 Å². The first-order chi connectivity index (χ1) is 15.6. The normalized spacial score (nSPS) is 27.1. The zero-order chi connectivity index (χ0) is 22.1. The van der Waals surface area contributed by atoms with E-state index in [1.54, 1.807) is 0 Å². The lowest BCUT2D eigenvalue weighted by atomic mass is 9.79. The fraction of sp³-hybridized carbons (Fsp3) is 0.519. The minimum atomic E-state index is -1.42. The van der Waals surface area contributed by atoms with E-state index >= 15 is 0 Å². The summed E-state index contributed by atoms with van der Waals surface area (Å²) in [6.07, 6.45) is 4.98. The summed E-state index contributed by atoms with van der Waals surface area (Å²) in [5.41, 5.74) is 1.54. The molecule has 1 aliphatic heterocycles. The third-order valence-electron chi connectivity index (χ3n) is 8.00. The Labute approximate surface area is 190 Å². The zero-order valence-electron chi connectivity index (χ0n) is 18.6. The van der Waals surface area contributed by atoms with Crippen LogP contribution in [0.15, 0.2) is 54.6 Å². The molecule has 0 aromatic heterocycles. The van der Waals surface area contributed by atoms with Crippen molar-refractivity contribution in [3.05, 3.63) is 71.3 Å². The molecular weight excluding hydrogens is 400 g/mol. The number of nitrogens with one attached hydrogen (secondary N) is 1. The third kappa shape index (κ3) is 4.09. The molecule has 3 fully saturated rings. The molecule has 1 heterocycles. The van der Waals surface area contributed by atoms with Gasteiger partial charge in [0.25, 0.3) is 5.91 Å². The Hall–Kier alpha value is -2.21. The van der Waals surface area contributed by atoms with Gasteiger partial charge in [0.1, 0.15) is 0 Å². The van der Waals surface area contributed by atoms with Gasteiger partial charge < -0.3 is 20.4 Å². The molecule has 0 spiro atoms.